The van der Waals surface area contributed by atoms with Gasteiger partial charge in [0, 0.05) is 0 Å². The first-order valence-corrected chi connectivity index (χ1v) is 7.61. The van der Waals surface area contributed by atoms with Crippen LogP contribution in [0.3, 0.4) is 0 Å². The summed E-state index contributed by atoms with van der Waals surface area (Å²) in [5.74, 6) is 1.64. The molecule has 1 aliphatic heterocycles. The van der Waals surface area contributed by atoms with Crippen molar-refractivity contribution in [2.24, 2.45) is 0 Å². The van der Waals surface area contributed by atoms with E-state index < -0.39 is 0 Å². The predicted octanol–water partition coefficient (Wildman–Crippen LogP) is 4.05. The molecule has 0 radical (unpaired) electrons. The lowest BCUT2D eigenvalue weighted by atomic mass is 9.86. The Labute approximate surface area is 121 Å². The molecule has 1 aliphatic rings. The fraction of sp³-hybridized carbons (Fsp3) is 0.444. The molecule has 1 heterocycles. The third-order valence-corrected chi connectivity index (χ3v) is 4.60. The molecule has 0 atom stereocenters. The molecule has 3 rings (SSSR count). The Hall–Kier alpha value is -1.54. The highest BCUT2D eigenvalue weighted by atomic mass is 16.5. The number of methoxy groups -OCH3 is 1. The standard InChI is InChI=1S/C18H23NO/c1-3-19-11-9-15(10-12-19)17-6-4-5-14-7-8-16(20-2)13-18(14)17/h4-8,13,15H,3,9-12H2,1-2H3. The summed E-state index contributed by atoms with van der Waals surface area (Å²) in [5, 5.41) is 2.68. The average Bonchev–Trinajstić information content (AvgIpc) is 2.54. The van der Waals surface area contributed by atoms with Crippen molar-refractivity contribution in [3.63, 3.8) is 0 Å². The third-order valence-electron chi connectivity index (χ3n) is 4.60. The highest BCUT2D eigenvalue weighted by Crippen LogP contribution is 2.34. The molecule has 106 valence electrons. The van der Waals surface area contributed by atoms with Crippen molar-refractivity contribution in [2.45, 2.75) is 25.7 Å². The first-order chi connectivity index (χ1) is 9.81. The Kier molecular flexibility index (Phi) is 3.93. The molecule has 1 saturated heterocycles. The smallest absolute Gasteiger partial charge is 0.119 e. The van der Waals surface area contributed by atoms with Gasteiger partial charge in [-0.15, -0.1) is 0 Å². The molecule has 0 aromatic heterocycles. The Balaban J connectivity index is 1.94. The molecule has 2 aromatic rings. The second-order valence-electron chi connectivity index (χ2n) is 5.64. The van der Waals surface area contributed by atoms with Crippen LogP contribution in [0.15, 0.2) is 36.4 Å². The van der Waals surface area contributed by atoms with Gasteiger partial charge in [0.2, 0.25) is 0 Å². The fourth-order valence-corrected chi connectivity index (χ4v) is 3.32. The third kappa shape index (κ3) is 2.53. The van der Waals surface area contributed by atoms with E-state index in [1.807, 2.05) is 6.07 Å². The summed E-state index contributed by atoms with van der Waals surface area (Å²) in [4.78, 5) is 2.54. The van der Waals surface area contributed by atoms with Gasteiger partial charge in [-0.3, -0.25) is 0 Å². The normalized spacial score (nSPS) is 17.5. The van der Waals surface area contributed by atoms with Gasteiger partial charge < -0.3 is 9.64 Å². The maximum Gasteiger partial charge on any atom is 0.119 e. The fourth-order valence-electron chi connectivity index (χ4n) is 3.32. The van der Waals surface area contributed by atoms with Gasteiger partial charge in [-0.2, -0.15) is 0 Å². The van der Waals surface area contributed by atoms with Crippen molar-refractivity contribution in [1.29, 1.82) is 0 Å². The minimum absolute atomic E-state index is 0.689. The van der Waals surface area contributed by atoms with Gasteiger partial charge in [0.25, 0.3) is 0 Å². The molecule has 2 nitrogen and oxygen atoms in total. The second-order valence-corrected chi connectivity index (χ2v) is 5.64. The summed E-state index contributed by atoms with van der Waals surface area (Å²) in [6, 6.07) is 13.1. The molecule has 0 amide bonds. The van der Waals surface area contributed by atoms with Gasteiger partial charge in [0.1, 0.15) is 5.75 Å². The van der Waals surface area contributed by atoms with Gasteiger partial charge in [-0.1, -0.05) is 31.2 Å². The van der Waals surface area contributed by atoms with Gasteiger partial charge >= 0.3 is 0 Å². The van der Waals surface area contributed by atoms with E-state index in [9.17, 15) is 0 Å². The van der Waals surface area contributed by atoms with Crippen molar-refractivity contribution in [2.75, 3.05) is 26.7 Å². The summed E-state index contributed by atoms with van der Waals surface area (Å²) in [7, 11) is 1.74. The zero-order valence-corrected chi connectivity index (χ0v) is 12.4. The molecule has 2 heteroatoms. The molecule has 0 aliphatic carbocycles. The van der Waals surface area contributed by atoms with Crippen molar-refractivity contribution in [3.05, 3.63) is 42.0 Å². The van der Waals surface area contributed by atoms with Gasteiger partial charge in [-0.05, 0) is 66.9 Å². The highest BCUT2D eigenvalue weighted by molar-refractivity contribution is 5.87. The van der Waals surface area contributed by atoms with Crippen LogP contribution < -0.4 is 4.74 Å². The largest absolute Gasteiger partial charge is 0.497 e. The summed E-state index contributed by atoms with van der Waals surface area (Å²) in [6.07, 6.45) is 2.54. The van der Waals surface area contributed by atoms with E-state index in [0.29, 0.717) is 5.92 Å². The molecule has 2 aromatic carbocycles. The predicted molar refractivity (Wildman–Crippen MR) is 84.6 cm³/mol. The van der Waals surface area contributed by atoms with Gasteiger partial charge in [0.05, 0.1) is 7.11 Å². The molecular weight excluding hydrogens is 246 g/mol. The van der Waals surface area contributed by atoms with E-state index in [1.165, 1.54) is 48.8 Å². The number of hydrogen-bond acceptors (Lipinski definition) is 2. The minimum Gasteiger partial charge on any atom is -0.497 e. The van der Waals surface area contributed by atoms with Crippen LogP contribution in [0.2, 0.25) is 0 Å². The van der Waals surface area contributed by atoms with Crippen LogP contribution in [0, 0.1) is 0 Å². The number of fused-ring (bicyclic) bond motifs is 1. The maximum absolute atomic E-state index is 5.39. The van der Waals surface area contributed by atoms with Crippen molar-refractivity contribution < 1.29 is 4.74 Å². The van der Waals surface area contributed by atoms with Gasteiger partial charge in [-0.25, -0.2) is 0 Å². The number of rotatable bonds is 3. The topological polar surface area (TPSA) is 12.5 Å². The molecule has 0 N–H and O–H groups in total. The number of ether oxygens (including phenoxy) is 1. The quantitative estimate of drug-likeness (QED) is 0.833. The van der Waals surface area contributed by atoms with Crippen LogP contribution >= 0.6 is 0 Å². The summed E-state index contributed by atoms with van der Waals surface area (Å²) < 4.78 is 5.39. The molecule has 0 saturated carbocycles. The Morgan fingerprint density at radius 1 is 1.15 bits per heavy atom. The molecule has 20 heavy (non-hydrogen) atoms. The van der Waals surface area contributed by atoms with Crippen LogP contribution in [0.5, 0.6) is 5.75 Å². The van der Waals surface area contributed by atoms with E-state index >= 15 is 0 Å². The Bertz CT molecular complexity index is 585. The summed E-state index contributed by atoms with van der Waals surface area (Å²) in [6.45, 7) is 5.88. The van der Waals surface area contributed by atoms with Crippen LogP contribution in [0.4, 0.5) is 0 Å². The van der Waals surface area contributed by atoms with E-state index in [2.05, 4.69) is 42.2 Å². The summed E-state index contributed by atoms with van der Waals surface area (Å²) in [5.41, 5.74) is 1.50. The lowest BCUT2D eigenvalue weighted by molar-refractivity contribution is 0.223. The van der Waals surface area contributed by atoms with Crippen LogP contribution in [0.1, 0.15) is 31.2 Å². The highest BCUT2D eigenvalue weighted by Gasteiger charge is 2.21. The maximum atomic E-state index is 5.39. The monoisotopic (exact) mass is 269 g/mol. The lowest BCUT2D eigenvalue weighted by Gasteiger charge is -2.31. The second kappa shape index (κ2) is 5.84. The van der Waals surface area contributed by atoms with E-state index in [0.717, 1.165) is 5.75 Å². The molecule has 0 bridgehead atoms. The van der Waals surface area contributed by atoms with Crippen LogP contribution in [0.25, 0.3) is 10.8 Å². The molecule has 0 spiro atoms. The zero-order valence-electron chi connectivity index (χ0n) is 12.4. The first kappa shape index (κ1) is 13.4. The number of benzene rings is 2. The number of likely N-dealkylation sites (tertiary alicyclic amines) is 1. The number of nitrogens with zero attached hydrogens (tertiary/aromatic N) is 1. The minimum atomic E-state index is 0.689. The van der Waals surface area contributed by atoms with Crippen molar-refractivity contribution in [1.82, 2.24) is 4.90 Å². The van der Waals surface area contributed by atoms with E-state index in [1.54, 1.807) is 7.11 Å². The first-order valence-electron chi connectivity index (χ1n) is 7.61. The average molecular weight is 269 g/mol. The number of piperidine rings is 1. The Morgan fingerprint density at radius 3 is 2.65 bits per heavy atom. The SMILES string of the molecule is CCN1CCC(c2cccc3ccc(OC)cc23)CC1. The van der Waals surface area contributed by atoms with Crippen LogP contribution in [-0.2, 0) is 0 Å². The summed E-state index contributed by atoms with van der Waals surface area (Å²) >= 11 is 0. The molecule has 1 fully saturated rings. The van der Waals surface area contributed by atoms with Crippen molar-refractivity contribution >= 4 is 10.8 Å². The van der Waals surface area contributed by atoms with E-state index in [-0.39, 0.29) is 0 Å². The van der Waals surface area contributed by atoms with Crippen LogP contribution in [-0.4, -0.2) is 31.6 Å². The van der Waals surface area contributed by atoms with Crippen molar-refractivity contribution in [3.8, 4) is 5.75 Å². The lowest BCUT2D eigenvalue weighted by Crippen LogP contribution is -2.32. The Morgan fingerprint density at radius 2 is 1.95 bits per heavy atom. The zero-order chi connectivity index (χ0) is 13.9. The molecule has 0 unspecified atom stereocenters. The van der Waals surface area contributed by atoms with Gasteiger partial charge in [0.15, 0.2) is 0 Å². The number of hydrogen-bond donors (Lipinski definition) is 0. The van der Waals surface area contributed by atoms with E-state index in [4.69, 9.17) is 4.74 Å². The molecular formula is C18H23NO.